The van der Waals surface area contributed by atoms with Crippen molar-refractivity contribution >= 4 is 12.4 Å². The predicted octanol–water partition coefficient (Wildman–Crippen LogP) is 1.68. The number of halogens is 1. The maximum atomic E-state index is 5.81. The third-order valence-electron chi connectivity index (χ3n) is 1.93. The van der Waals surface area contributed by atoms with Gasteiger partial charge < -0.3 is 11.5 Å². The van der Waals surface area contributed by atoms with Gasteiger partial charge in [0.15, 0.2) is 0 Å². The Morgan fingerprint density at radius 3 is 2.00 bits per heavy atom. The van der Waals surface area contributed by atoms with Gasteiger partial charge in [0.1, 0.15) is 0 Å². The highest BCUT2D eigenvalue weighted by Crippen LogP contribution is 2.13. The van der Waals surface area contributed by atoms with E-state index >= 15 is 0 Å². The van der Waals surface area contributed by atoms with Crippen LogP contribution < -0.4 is 11.5 Å². The first-order valence-corrected chi connectivity index (χ1v) is 4.17. The SMILES string of the molecule is Cc1cc(C)cc([C@H](N)CN)c1.Cl. The molecule has 2 nitrogen and oxygen atoms in total. The number of hydrogen-bond donors (Lipinski definition) is 2. The topological polar surface area (TPSA) is 52.0 Å². The standard InChI is InChI=1S/C10H16N2.ClH/c1-7-3-8(2)5-9(4-7)10(12)6-11;/h3-5,10H,6,11-12H2,1-2H3;1H/t10-;/m1./s1. The molecule has 0 saturated heterocycles. The first-order valence-electron chi connectivity index (χ1n) is 4.17. The van der Waals surface area contributed by atoms with Crippen molar-refractivity contribution in [3.63, 3.8) is 0 Å². The quantitative estimate of drug-likeness (QED) is 0.764. The fourth-order valence-electron chi connectivity index (χ4n) is 1.36. The molecule has 4 N–H and O–H groups in total. The molecule has 0 unspecified atom stereocenters. The molecule has 0 saturated carbocycles. The Bertz CT molecular complexity index is 253. The minimum absolute atomic E-state index is 0. The summed E-state index contributed by atoms with van der Waals surface area (Å²) >= 11 is 0. The number of nitrogens with two attached hydrogens (primary N) is 2. The largest absolute Gasteiger partial charge is 0.329 e. The Morgan fingerprint density at radius 1 is 1.15 bits per heavy atom. The molecule has 0 aliphatic rings. The van der Waals surface area contributed by atoms with E-state index in [0.717, 1.165) is 5.56 Å². The lowest BCUT2D eigenvalue weighted by molar-refractivity contribution is 0.735. The smallest absolute Gasteiger partial charge is 0.0419 e. The molecule has 13 heavy (non-hydrogen) atoms. The van der Waals surface area contributed by atoms with Crippen molar-refractivity contribution in [2.45, 2.75) is 19.9 Å². The Kier molecular flexibility index (Phi) is 4.99. The Balaban J connectivity index is 0.00000144. The molecule has 1 atom stereocenters. The highest BCUT2D eigenvalue weighted by Gasteiger charge is 2.03. The second kappa shape index (κ2) is 5.22. The molecule has 1 rings (SSSR count). The van der Waals surface area contributed by atoms with E-state index in [4.69, 9.17) is 11.5 Å². The highest BCUT2D eigenvalue weighted by atomic mass is 35.5. The first kappa shape index (κ1) is 12.4. The van der Waals surface area contributed by atoms with Gasteiger partial charge in [0, 0.05) is 12.6 Å². The lowest BCUT2D eigenvalue weighted by Crippen LogP contribution is -2.20. The third kappa shape index (κ3) is 3.35. The second-order valence-electron chi connectivity index (χ2n) is 3.26. The van der Waals surface area contributed by atoms with Gasteiger partial charge in [-0.25, -0.2) is 0 Å². The first-order chi connectivity index (χ1) is 5.63. The molecular weight excluding hydrogens is 184 g/mol. The van der Waals surface area contributed by atoms with Crippen molar-refractivity contribution in [1.29, 1.82) is 0 Å². The van der Waals surface area contributed by atoms with E-state index < -0.39 is 0 Å². The van der Waals surface area contributed by atoms with E-state index in [1.54, 1.807) is 0 Å². The second-order valence-corrected chi connectivity index (χ2v) is 3.26. The molecular formula is C10H17ClN2. The van der Waals surface area contributed by atoms with E-state index in [1.165, 1.54) is 11.1 Å². The van der Waals surface area contributed by atoms with Crippen LogP contribution in [0.1, 0.15) is 22.7 Å². The zero-order valence-corrected chi connectivity index (χ0v) is 8.90. The molecule has 0 aromatic heterocycles. The molecule has 0 heterocycles. The van der Waals surface area contributed by atoms with Crippen molar-refractivity contribution < 1.29 is 0 Å². The Hall–Kier alpha value is -0.570. The fraction of sp³-hybridized carbons (Fsp3) is 0.400. The van der Waals surface area contributed by atoms with Gasteiger partial charge in [-0.3, -0.25) is 0 Å². The van der Waals surface area contributed by atoms with E-state index in [-0.39, 0.29) is 18.4 Å². The Labute approximate surface area is 85.7 Å². The molecule has 0 spiro atoms. The number of rotatable bonds is 2. The molecule has 0 aliphatic carbocycles. The average Bonchev–Trinajstić information content (AvgIpc) is 2.01. The Morgan fingerprint density at radius 2 is 1.62 bits per heavy atom. The van der Waals surface area contributed by atoms with Crippen LogP contribution in [-0.2, 0) is 0 Å². The van der Waals surface area contributed by atoms with Crippen LogP contribution in [0.5, 0.6) is 0 Å². The zero-order chi connectivity index (χ0) is 9.14. The molecule has 0 amide bonds. The van der Waals surface area contributed by atoms with Crippen molar-refractivity contribution in [2.75, 3.05) is 6.54 Å². The van der Waals surface area contributed by atoms with Crippen molar-refractivity contribution in [2.24, 2.45) is 11.5 Å². The number of benzene rings is 1. The third-order valence-corrected chi connectivity index (χ3v) is 1.93. The number of hydrogen-bond acceptors (Lipinski definition) is 2. The van der Waals surface area contributed by atoms with Gasteiger partial charge in [-0.2, -0.15) is 0 Å². The predicted molar refractivity (Wildman–Crippen MR) is 59.1 cm³/mol. The maximum absolute atomic E-state index is 5.81. The summed E-state index contributed by atoms with van der Waals surface area (Å²) in [7, 11) is 0. The van der Waals surface area contributed by atoms with Crippen LogP contribution in [0.15, 0.2) is 18.2 Å². The molecule has 0 fully saturated rings. The summed E-state index contributed by atoms with van der Waals surface area (Å²) in [5.41, 5.74) is 14.9. The zero-order valence-electron chi connectivity index (χ0n) is 8.08. The highest BCUT2D eigenvalue weighted by molar-refractivity contribution is 5.85. The summed E-state index contributed by atoms with van der Waals surface area (Å²) in [6.07, 6.45) is 0. The van der Waals surface area contributed by atoms with Crippen LogP contribution in [0.2, 0.25) is 0 Å². The van der Waals surface area contributed by atoms with Gasteiger partial charge in [-0.05, 0) is 19.4 Å². The number of aryl methyl sites for hydroxylation is 2. The van der Waals surface area contributed by atoms with Gasteiger partial charge in [0.05, 0.1) is 0 Å². The van der Waals surface area contributed by atoms with E-state index in [1.807, 2.05) is 0 Å². The lowest BCUT2D eigenvalue weighted by Gasteiger charge is -2.10. The molecule has 0 radical (unpaired) electrons. The van der Waals surface area contributed by atoms with Crippen LogP contribution in [0.25, 0.3) is 0 Å². The normalized spacial score (nSPS) is 12.0. The van der Waals surface area contributed by atoms with Crippen molar-refractivity contribution in [1.82, 2.24) is 0 Å². The van der Waals surface area contributed by atoms with Gasteiger partial charge >= 0.3 is 0 Å². The lowest BCUT2D eigenvalue weighted by atomic mass is 10.0. The van der Waals surface area contributed by atoms with Gasteiger partial charge in [-0.15, -0.1) is 12.4 Å². The molecule has 0 aliphatic heterocycles. The monoisotopic (exact) mass is 200 g/mol. The van der Waals surface area contributed by atoms with Crippen molar-refractivity contribution in [3.8, 4) is 0 Å². The minimum Gasteiger partial charge on any atom is -0.329 e. The molecule has 1 aromatic carbocycles. The molecule has 0 bridgehead atoms. The molecule has 1 aromatic rings. The van der Waals surface area contributed by atoms with Crippen molar-refractivity contribution in [3.05, 3.63) is 34.9 Å². The molecule has 74 valence electrons. The summed E-state index contributed by atoms with van der Waals surface area (Å²) < 4.78 is 0. The van der Waals surface area contributed by atoms with E-state index in [0.29, 0.717) is 6.54 Å². The van der Waals surface area contributed by atoms with Crippen LogP contribution >= 0.6 is 12.4 Å². The van der Waals surface area contributed by atoms with Gasteiger partial charge in [-0.1, -0.05) is 29.3 Å². The fourth-order valence-corrected chi connectivity index (χ4v) is 1.36. The summed E-state index contributed by atoms with van der Waals surface area (Å²) in [5.74, 6) is 0. The molecule has 3 heteroatoms. The summed E-state index contributed by atoms with van der Waals surface area (Å²) in [6.45, 7) is 4.64. The van der Waals surface area contributed by atoms with Gasteiger partial charge in [0.2, 0.25) is 0 Å². The average molecular weight is 201 g/mol. The minimum atomic E-state index is -0.0244. The summed E-state index contributed by atoms with van der Waals surface area (Å²) in [5, 5.41) is 0. The summed E-state index contributed by atoms with van der Waals surface area (Å²) in [6, 6.07) is 6.28. The van der Waals surface area contributed by atoms with E-state index in [9.17, 15) is 0 Å². The van der Waals surface area contributed by atoms with Gasteiger partial charge in [0.25, 0.3) is 0 Å². The van der Waals surface area contributed by atoms with Crippen LogP contribution in [0.4, 0.5) is 0 Å². The van der Waals surface area contributed by atoms with E-state index in [2.05, 4.69) is 32.0 Å². The summed E-state index contributed by atoms with van der Waals surface area (Å²) in [4.78, 5) is 0. The van der Waals surface area contributed by atoms with Crippen LogP contribution in [0.3, 0.4) is 0 Å². The van der Waals surface area contributed by atoms with Crippen LogP contribution in [-0.4, -0.2) is 6.54 Å². The maximum Gasteiger partial charge on any atom is 0.0419 e. The van der Waals surface area contributed by atoms with Crippen LogP contribution in [0, 0.1) is 13.8 Å².